The van der Waals surface area contributed by atoms with Crippen LogP contribution in [0, 0.1) is 17.6 Å². The Morgan fingerprint density at radius 3 is 2.50 bits per heavy atom. The Morgan fingerprint density at radius 2 is 1.95 bits per heavy atom. The molecule has 0 saturated heterocycles. The van der Waals surface area contributed by atoms with Crippen molar-refractivity contribution in [1.29, 1.82) is 0 Å². The summed E-state index contributed by atoms with van der Waals surface area (Å²) >= 11 is 0. The molecule has 6 heteroatoms. The molecule has 4 nitrogen and oxygen atoms in total. The predicted octanol–water partition coefficient (Wildman–Crippen LogP) is 2.56. The Balaban J connectivity index is 2.09. The summed E-state index contributed by atoms with van der Waals surface area (Å²) in [6, 6.07) is 2.05. The van der Waals surface area contributed by atoms with Gasteiger partial charge in [0, 0.05) is 11.6 Å². The number of carbonyl (C=O) groups excluding carboxylic acids is 1. The zero-order chi connectivity index (χ0) is 14.7. The number of benzene rings is 1. The first kappa shape index (κ1) is 14.7. The van der Waals surface area contributed by atoms with Crippen molar-refractivity contribution >= 4 is 11.6 Å². The summed E-state index contributed by atoms with van der Waals surface area (Å²) in [5.74, 6) is 3.36. The van der Waals surface area contributed by atoms with Crippen molar-refractivity contribution in [3.63, 3.8) is 0 Å². The Hall–Kier alpha value is -1.69. The molecule has 2 atom stereocenters. The van der Waals surface area contributed by atoms with Crippen LogP contribution in [0.1, 0.15) is 43.0 Å². The SMILES string of the molecule is CC1CCCC(NC(=O)c2cc(F)c(NN)c(F)c2)C1. The van der Waals surface area contributed by atoms with Gasteiger partial charge >= 0.3 is 0 Å². The summed E-state index contributed by atoms with van der Waals surface area (Å²) < 4.78 is 27.1. The Kier molecular flexibility index (Phi) is 4.54. The number of rotatable bonds is 3. The summed E-state index contributed by atoms with van der Waals surface area (Å²) in [4.78, 5) is 12.0. The van der Waals surface area contributed by atoms with Crippen LogP contribution in [0.4, 0.5) is 14.5 Å². The van der Waals surface area contributed by atoms with Crippen molar-refractivity contribution in [2.45, 2.75) is 38.6 Å². The highest BCUT2D eigenvalue weighted by Crippen LogP contribution is 2.24. The minimum absolute atomic E-state index is 0.0303. The molecular formula is C14H19F2N3O. The fourth-order valence-corrected chi connectivity index (χ4v) is 2.68. The quantitative estimate of drug-likeness (QED) is 0.590. The molecule has 20 heavy (non-hydrogen) atoms. The van der Waals surface area contributed by atoms with Gasteiger partial charge in [0.2, 0.25) is 0 Å². The van der Waals surface area contributed by atoms with E-state index in [-0.39, 0.29) is 11.6 Å². The first-order valence-corrected chi connectivity index (χ1v) is 6.77. The molecule has 1 amide bonds. The lowest BCUT2D eigenvalue weighted by Crippen LogP contribution is -2.38. The van der Waals surface area contributed by atoms with Crippen LogP contribution < -0.4 is 16.6 Å². The van der Waals surface area contributed by atoms with Gasteiger partial charge in [-0.25, -0.2) is 8.78 Å². The number of amides is 1. The zero-order valence-electron chi connectivity index (χ0n) is 11.4. The van der Waals surface area contributed by atoms with Crippen LogP contribution in [0.2, 0.25) is 0 Å². The number of hydrogen-bond acceptors (Lipinski definition) is 3. The average Bonchev–Trinajstić information content (AvgIpc) is 2.38. The average molecular weight is 283 g/mol. The van der Waals surface area contributed by atoms with E-state index in [9.17, 15) is 13.6 Å². The highest BCUT2D eigenvalue weighted by Gasteiger charge is 2.22. The summed E-state index contributed by atoms with van der Waals surface area (Å²) in [7, 11) is 0. The maximum Gasteiger partial charge on any atom is 0.251 e. The lowest BCUT2D eigenvalue weighted by molar-refractivity contribution is 0.0920. The number of halogens is 2. The molecule has 2 rings (SSSR count). The third-order valence-electron chi connectivity index (χ3n) is 3.72. The highest BCUT2D eigenvalue weighted by molar-refractivity contribution is 5.94. The van der Waals surface area contributed by atoms with E-state index in [1.54, 1.807) is 0 Å². The second kappa shape index (κ2) is 6.17. The normalized spacial score (nSPS) is 22.4. The van der Waals surface area contributed by atoms with Crippen molar-refractivity contribution in [2.24, 2.45) is 11.8 Å². The lowest BCUT2D eigenvalue weighted by atomic mass is 9.87. The smallest absolute Gasteiger partial charge is 0.251 e. The first-order valence-electron chi connectivity index (χ1n) is 6.77. The van der Waals surface area contributed by atoms with Crippen LogP contribution in [0.25, 0.3) is 0 Å². The molecule has 1 saturated carbocycles. The number of carbonyl (C=O) groups is 1. The van der Waals surface area contributed by atoms with Gasteiger partial charge < -0.3 is 10.7 Å². The molecule has 1 aromatic carbocycles. The molecule has 110 valence electrons. The zero-order valence-corrected chi connectivity index (χ0v) is 11.4. The molecule has 1 aliphatic carbocycles. The Morgan fingerprint density at radius 1 is 1.30 bits per heavy atom. The Bertz CT molecular complexity index is 484. The third-order valence-corrected chi connectivity index (χ3v) is 3.72. The van der Waals surface area contributed by atoms with Gasteiger partial charge in [-0.15, -0.1) is 0 Å². The molecular weight excluding hydrogens is 264 g/mol. The monoisotopic (exact) mass is 283 g/mol. The van der Waals surface area contributed by atoms with Gasteiger partial charge in [0.25, 0.3) is 5.91 Å². The maximum atomic E-state index is 13.5. The van der Waals surface area contributed by atoms with E-state index >= 15 is 0 Å². The number of nitrogens with two attached hydrogens (primary N) is 1. The van der Waals surface area contributed by atoms with Crippen LogP contribution in [0.5, 0.6) is 0 Å². The number of hydrazine groups is 1. The van der Waals surface area contributed by atoms with E-state index in [1.807, 2.05) is 5.43 Å². The third kappa shape index (κ3) is 3.25. The lowest BCUT2D eigenvalue weighted by Gasteiger charge is -2.27. The van der Waals surface area contributed by atoms with Crippen LogP contribution in [0.3, 0.4) is 0 Å². The Labute approximate surface area is 116 Å². The summed E-state index contributed by atoms with van der Waals surface area (Å²) in [6.45, 7) is 2.14. The topological polar surface area (TPSA) is 67.2 Å². The molecule has 1 fully saturated rings. The van der Waals surface area contributed by atoms with E-state index in [1.165, 1.54) is 0 Å². The van der Waals surface area contributed by atoms with E-state index in [2.05, 4.69) is 12.2 Å². The van der Waals surface area contributed by atoms with Crippen molar-refractivity contribution < 1.29 is 13.6 Å². The van der Waals surface area contributed by atoms with Crippen molar-refractivity contribution in [3.05, 3.63) is 29.3 Å². The second-order valence-corrected chi connectivity index (χ2v) is 5.40. The van der Waals surface area contributed by atoms with Gasteiger partial charge in [-0.2, -0.15) is 0 Å². The van der Waals surface area contributed by atoms with Crippen LogP contribution in [0.15, 0.2) is 12.1 Å². The van der Waals surface area contributed by atoms with E-state index in [0.29, 0.717) is 5.92 Å². The fourth-order valence-electron chi connectivity index (χ4n) is 2.68. The highest BCUT2D eigenvalue weighted by atomic mass is 19.1. The molecule has 0 radical (unpaired) electrons. The molecule has 0 spiro atoms. The molecule has 2 unspecified atom stereocenters. The van der Waals surface area contributed by atoms with Gasteiger partial charge in [0.15, 0.2) is 11.6 Å². The number of hydrogen-bond donors (Lipinski definition) is 3. The van der Waals surface area contributed by atoms with Gasteiger partial charge in [-0.05, 0) is 30.9 Å². The summed E-state index contributed by atoms with van der Waals surface area (Å²) in [6.07, 6.45) is 4.03. The van der Waals surface area contributed by atoms with Crippen LogP contribution in [-0.4, -0.2) is 11.9 Å². The standard InChI is InChI=1S/C14H19F2N3O/c1-8-3-2-4-10(5-8)18-14(20)9-6-11(15)13(19-17)12(16)7-9/h6-8,10,19H,2-5,17H2,1H3,(H,18,20). The fraction of sp³-hybridized carbons (Fsp3) is 0.500. The van der Waals surface area contributed by atoms with Crippen molar-refractivity contribution in [2.75, 3.05) is 5.43 Å². The number of anilines is 1. The van der Waals surface area contributed by atoms with Gasteiger partial charge in [0.05, 0.1) is 0 Å². The molecule has 4 N–H and O–H groups in total. The van der Waals surface area contributed by atoms with Crippen LogP contribution in [-0.2, 0) is 0 Å². The van der Waals surface area contributed by atoms with E-state index in [0.717, 1.165) is 37.8 Å². The van der Waals surface area contributed by atoms with E-state index < -0.39 is 23.2 Å². The van der Waals surface area contributed by atoms with Gasteiger partial charge in [-0.1, -0.05) is 19.8 Å². The van der Waals surface area contributed by atoms with Crippen LogP contribution >= 0.6 is 0 Å². The minimum Gasteiger partial charge on any atom is -0.349 e. The summed E-state index contributed by atoms with van der Waals surface area (Å²) in [5.41, 5.74) is 1.47. The molecule has 0 bridgehead atoms. The van der Waals surface area contributed by atoms with E-state index in [4.69, 9.17) is 5.84 Å². The number of nitrogens with one attached hydrogen (secondary N) is 2. The van der Waals surface area contributed by atoms with Gasteiger partial charge in [0.1, 0.15) is 5.69 Å². The summed E-state index contributed by atoms with van der Waals surface area (Å²) in [5, 5.41) is 2.83. The number of nitrogen functional groups attached to an aromatic ring is 1. The molecule has 0 aromatic heterocycles. The minimum atomic E-state index is -0.880. The molecule has 0 aliphatic heterocycles. The van der Waals surface area contributed by atoms with Gasteiger partial charge in [-0.3, -0.25) is 10.6 Å². The molecule has 1 aromatic rings. The van der Waals surface area contributed by atoms with Crippen molar-refractivity contribution in [1.82, 2.24) is 5.32 Å². The molecule has 0 heterocycles. The predicted molar refractivity (Wildman–Crippen MR) is 73.1 cm³/mol. The largest absolute Gasteiger partial charge is 0.349 e. The molecule has 1 aliphatic rings. The van der Waals surface area contributed by atoms with Crippen molar-refractivity contribution in [3.8, 4) is 0 Å². The second-order valence-electron chi connectivity index (χ2n) is 5.40. The first-order chi connectivity index (χ1) is 9.51. The maximum absolute atomic E-state index is 13.5.